The van der Waals surface area contributed by atoms with Crippen molar-refractivity contribution in [1.29, 1.82) is 5.26 Å². The van der Waals surface area contributed by atoms with Crippen LogP contribution in [0.15, 0.2) is 16.6 Å². The number of hydrogen-bond donors (Lipinski definition) is 0. The maximum absolute atomic E-state index is 10.6. The van der Waals surface area contributed by atoms with Crippen LogP contribution in [0.5, 0.6) is 0 Å². The Labute approximate surface area is 89.4 Å². The molecule has 0 aliphatic heterocycles. The van der Waals surface area contributed by atoms with Crippen LogP contribution in [0.3, 0.4) is 0 Å². The van der Waals surface area contributed by atoms with E-state index < -0.39 is 4.92 Å². The van der Waals surface area contributed by atoms with E-state index in [-0.39, 0.29) is 12.1 Å². The van der Waals surface area contributed by atoms with Gasteiger partial charge in [-0.2, -0.15) is 5.26 Å². The van der Waals surface area contributed by atoms with Gasteiger partial charge in [0.15, 0.2) is 0 Å². The molecular weight excluding hydrogens is 248 g/mol. The van der Waals surface area contributed by atoms with Crippen LogP contribution in [0, 0.1) is 28.4 Å². The Hall–Kier alpha value is -1.41. The number of nitro groups is 1. The van der Waals surface area contributed by atoms with E-state index in [1.165, 1.54) is 6.07 Å². The third kappa shape index (κ3) is 2.09. The molecular formula is C9H7BrN2O2. The summed E-state index contributed by atoms with van der Waals surface area (Å²) in [6.07, 6.45) is 0.194. The van der Waals surface area contributed by atoms with Gasteiger partial charge in [-0.05, 0) is 40.0 Å². The van der Waals surface area contributed by atoms with Crippen molar-refractivity contribution in [1.82, 2.24) is 0 Å². The highest BCUT2D eigenvalue weighted by Gasteiger charge is 2.14. The SMILES string of the molecule is Cc1cc(Br)c([N+](=O)[O-])cc1CC#N. The molecule has 0 aliphatic carbocycles. The molecule has 0 atom stereocenters. The topological polar surface area (TPSA) is 66.9 Å². The van der Waals surface area contributed by atoms with Crippen molar-refractivity contribution in [2.45, 2.75) is 13.3 Å². The molecule has 14 heavy (non-hydrogen) atoms. The second kappa shape index (κ2) is 4.20. The third-order valence-corrected chi connectivity index (χ3v) is 2.51. The minimum Gasteiger partial charge on any atom is -0.258 e. The second-order valence-electron chi connectivity index (χ2n) is 2.82. The van der Waals surface area contributed by atoms with Crippen LogP contribution < -0.4 is 0 Å². The Morgan fingerprint density at radius 2 is 2.29 bits per heavy atom. The standard InChI is InChI=1S/C9H7BrN2O2/c1-6-4-8(10)9(12(13)14)5-7(6)2-3-11/h4-5H,2H2,1H3. The third-order valence-electron chi connectivity index (χ3n) is 1.87. The molecule has 0 saturated heterocycles. The smallest absolute Gasteiger partial charge is 0.258 e. The van der Waals surface area contributed by atoms with Crippen LogP contribution in [-0.2, 0) is 6.42 Å². The maximum Gasteiger partial charge on any atom is 0.283 e. The molecule has 0 aliphatic rings. The first-order valence-corrected chi connectivity index (χ1v) is 4.66. The zero-order chi connectivity index (χ0) is 10.7. The molecule has 0 heterocycles. The summed E-state index contributed by atoms with van der Waals surface area (Å²) in [6.45, 7) is 1.82. The lowest BCUT2D eigenvalue weighted by Gasteiger charge is -2.02. The molecule has 4 nitrogen and oxygen atoms in total. The second-order valence-corrected chi connectivity index (χ2v) is 3.68. The van der Waals surface area contributed by atoms with E-state index in [0.717, 1.165) is 5.56 Å². The molecule has 1 aromatic rings. The molecule has 5 heteroatoms. The van der Waals surface area contributed by atoms with Crippen molar-refractivity contribution < 1.29 is 4.92 Å². The van der Waals surface area contributed by atoms with Gasteiger partial charge in [0, 0.05) is 6.07 Å². The minimum absolute atomic E-state index is 0.000787. The van der Waals surface area contributed by atoms with Gasteiger partial charge >= 0.3 is 0 Å². The number of hydrogen-bond acceptors (Lipinski definition) is 3. The summed E-state index contributed by atoms with van der Waals surface area (Å²) in [4.78, 5) is 10.1. The van der Waals surface area contributed by atoms with Gasteiger partial charge in [-0.15, -0.1) is 0 Å². The lowest BCUT2D eigenvalue weighted by Crippen LogP contribution is -1.94. The predicted molar refractivity (Wildman–Crippen MR) is 54.9 cm³/mol. The first-order valence-electron chi connectivity index (χ1n) is 3.86. The summed E-state index contributed by atoms with van der Waals surface area (Å²) in [5.41, 5.74) is 1.58. The van der Waals surface area contributed by atoms with Crippen molar-refractivity contribution in [3.8, 4) is 6.07 Å². The van der Waals surface area contributed by atoms with Gasteiger partial charge in [-0.3, -0.25) is 10.1 Å². The molecule has 0 fully saturated rings. The molecule has 0 spiro atoms. The molecule has 0 N–H and O–H groups in total. The molecule has 1 aromatic carbocycles. The van der Waals surface area contributed by atoms with Crippen LogP contribution in [0.4, 0.5) is 5.69 Å². The van der Waals surface area contributed by atoms with Gasteiger partial charge in [0.2, 0.25) is 0 Å². The van der Waals surface area contributed by atoms with Crippen LogP contribution in [0.25, 0.3) is 0 Å². The molecule has 0 saturated carbocycles. The van der Waals surface area contributed by atoms with Crippen LogP contribution >= 0.6 is 15.9 Å². The Bertz CT molecular complexity index is 424. The monoisotopic (exact) mass is 254 g/mol. The fraction of sp³-hybridized carbons (Fsp3) is 0.222. The Kier molecular flexibility index (Phi) is 3.20. The van der Waals surface area contributed by atoms with E-state index in [2.05, 4.69) is 15.9 Å². The van der Waals surface area contributed by atoms with Gasteiger partial charge in [-0.1, -0.05) is 0 Å². The average molecular weight is 255 g/mol. The molecule has 0 bridgehead atoms. The van der Waals surface area contributed by atoms with Crippen molar-refractivity contribution >= 4 is 21.6 Å². The molecule has 72 valence electrons. The van der Waals surface area contributed by atoms with Crippen molar-refractivity contribution in [3.05, 3.63) is 37.8 Å². The first-order chi connectivity index (χ1) is 6.56. The normalized spacial score (nSPS) is 9.50. The van der Waals surface area contributed by atoms with Gasteiger partial charge in [0.25, 0.3) is 5.69 Å². The number of rotatable bonds is 2. The van der Waals surface area contributed by atoms with Gasteiger partial charge in [0.1, 0.15) is 0 Å². The number of halogens is 1. The molecule has 0 radical (unpaired) electrons. The average Bonchev–Trinajstić information content (AvgIpc) is 2.09. The summed E-state index contributed by atoms with van der Waals surface area (Å²) >= 11 is 3.11. The molecule has 0 aromatic heterocycles. The summed E-state index contributed by atoms with van der Waals surface area (Å²) in [7, 11) is 0. The number of benzene rings is 1. The van der Waals surface area contributed by atoms with E-state index in [1.807, 2.05) is 13.0 Å². The van der Waals surface area contributed by atoms with Crippen LogP contribution in [0.2, 0.25) is 0 Å². The predicted octanol–water partition coefficient (Wildman–Crippen LogP) is 2.73. The Balaban J connectivity index is 3.28. The minimum atomic E-state index is -0.468. The largest absolute Gasteiger partial charge is 0.283 e. The summed E-state index contributed by atoms with van der Waals surface area (Å²) in [5.74, 6) is 0. The van der Waals surface area contributed by atoms with E-state index in [9.17, 15) is 10.1 Å². The van der Waals surface area contributed by atoms with E-state index >= 15 is 0 Å². The fourth-order valence-corrected chi connectivity index (χ4v) is 1.72. The van der Waals surface area contributed by atoms with Crippen LogP contribution in [0.1, 0.15) is 11.1 Å². The Morgan fingerprint density at radius 3 is 2.79 bits per heavy atom. The van der Waals surface area contributed by atoms with E-state index in [4.69, 9.17) is 5.26 Å². The maximum atomic E-state index is 10.6. The van der Waals surface area contributed by atoms with Gasteiger partial charge in [0.05, 0.1) is 21.9 Å². The van der Waals surface area contributed by atoms with Crippen molar-refractivity contribution in [2.75, 3.05) is 0 Å². The van der Waals surface area contributed by atoms with E-state index in [0.29, 0.717) is 10.0 Å². The number of aryl methyl sites for hydroxylation is 1. The quantitative estimate of drug-likeness (QED) is 0.602. The highest BCUT2D eigenvalue weighted by molar-refractivity contribution is 9.10. The summed E-state index contributed by atoms with van der Waals surface area (Å²) in [5, 5.41) is 19.1. The lowest BCUT2D eigenvalue weighted by atomic mass is 10.1. The molecule has 1 rings (SSSR count). The summed E-state index contributed by atoms with van der Waals surface area (Å²) in [6, 6.07) is 5.06. The van der Waals surface area contributed by atoms with Crippen molar-refractivity contribution in [2.24, 2.45) is 0 Å². The van der Waals surface area contributed by atoms with Gasteiger partial charge in [-0.25, -0.2) is 0 Å². The zero-order valence-corrected chi connectivity index (χ0v) is 9.04. The van der Waals surface area contributed by atoms with E-state index in [1.54, 1.807) is 6.07 Å². The number of nitriles is 1. The highest BCUT2D eigenvalue weighted by Crippen LogP contribution is 2.28. The highest BCUT2D eigenvalue weighted by atomic mass is 79.9. The number of nitro benzene ring substituents is 1. The lowest BCUT2D eigenvalue weighted by molar-refractivity contribution is -0.385. The fourth-order valence-electron chi connectivity index (χ4n) is 1.12. The first kappa shape index (κ1) is 10.7. The summed E-state index contributed by atoms with van der Waals surface area (Å²) < 4.78 is 0.446. The molecule has 0 amide bonds. The Morgan fingerprint density at radius 1 is 1.64 bits per heavy atom. The van der Waals surface area contributed by atoms with Crippen molar-refractivity contribution in [3.63, 3.8) is 0 Å². The van der Waals surface area contributed by atoms with Crippen LogP contribution in [-0.4, -0.2) is 4.92 Å². The molecule has 0 unspecified atom stereocenters. The van der Waals surface area contributed by atoms with Gasteiger partial charge < -0.3 is 0 Å². The number of nitrogens with zero attached hydrogens (tertiary/aromatic N) is 2. The zero-order valence-electron chi connectivity index (χ0n) is 7.45.